The van der Waals surface area contributed by atoms with E-state index < -0.39 is 5.97 Å². The van der Waals surface area contributed by atoms with Crippen LogP contribution in [-0.4, -0.2) is 23.0 Å². The van der Waals surface area contributed by atoms with Crippen LogP contribution in [0.25, 0.3) is 0 Å². The summed E-state index contributed by atoms with van der Waals surface area (Å²) in [5, 5.41) is 11.7. The Morgan fingerprint density at radius 2 is 2.16 bits per heavy atom. The fraction of sp³-hybridized carbons (Fsp3) is 0.385. The third-order valence-electron chi connectivity index (χ3n) is 2.59. The quantitative estimate of drug-likeness (QED) is 0.748. The second-order valence-electron chi connectivity index (χ2n) is 4.30. The molecule has 0 spiro atoms. The van der Waals surface area contributed by atoms with Crippen LogP contribution in [0.1, 0.15) is 36.5 Å². The minimum atomic E-state index is -1.14. The van der Waals surface area contributed by atoms with Crippen LogP contribution in [0.5, 0.6) is 0 Å². The van der Waals surface area contributed by atoms with Crippen LogP contribution in [0.3, 0.4) is 0 Å². The molecule has 1 rings (SSSR count). The Morgan fingerprint density at radius 1 is 1.47 bits per heavy atom. The van der Waals surface area contributed by atoms with E-state index in [1.54, 1.807) is 6.07 Å². The summed E-state index contributed by atoms with van der Waals surface area (Å²) in [6.45, 7) is 2.00. The number of carbonyl (C=O) groups is 2. The number of carbonyl (C=O) groups excluding carboxylic acids is 1. The maximum atomic E-state index is 11.7. The summed E-state index contributed by atoms with van der Waals surface area (Å²) in [6.07, 6.45) is 1.89. The molecule has 1 atom stereocenters. The minimum Gasteiger partial charge on any atom is -0.478 e. The number of nitrogens with two attached hydrogens (primary N) is 1. The molecule has 19 heavy (non-hydrogen) atoms. The highest BCUT2D eigenvalue weighted by Crippen LogP contribution is 2.20. The van der Waals surface area contributed by atoms with Crippen molar-refractivity contribution >= 4 is 29.2 Å². The van der Waals surface area contributed by atoms with Gasteiger partial charge in [-0.05, 0) is 24.6 Å². The van der Waals surface area contributed by atoms with Crippen LogP contribution in [0.4, 0.5) is 5.69 Å². The molecule has 0 aliphatic carbocycles. The zero-order valence-electron chi connectivity index (χ0n) is 10.6. The summed E-state index contributed by atoms with van der Waals surface area (Å²) < 4.78 is 0. The number of nitrogens with one attached hydrogen (secondary N) is 1. The Labute approximate surface area is 116 Å². The monoisotopic (exact) mass is 284 g/mol. The van der Waals surface area contributed by atoms with Crippen molar-refractivity contribution in [3.63, 3.8) is 0 Å². The fourth-order valence-electron chi connectivity index (χ4n) is 1.69. The van der Waals surface area contributed by atoms with E-state index in [4.69, 9.17) is 22.4 Å². The SMILES string of the molecule is CCCC(N)CC(=O)Nc1ccc(Cl)c(C(=O)O)c1. The number of hydrogen-bond acceptors (Lipinski definition) is 3. The van der Waals surface area contributed by atoms with Gasteiger partial charge in [0.2, 0.25) is 5.91 Å². The Hall–Kier alpha value is -1.59. The molecule has 0 heterocycles. The van der Waals surface area contributed by atoms with Gasteiger partial charge in [-0.3, -0.25) is 4.79 Å². The molecule has 1 unspecified atom stereocenters. The highest BCUT2D eigenvalue weighted by molar-refractivity contribution is 6.33. The molecule has 104 valence electrons. The lowest BCUT2D eigenvalue weighted by Gasteiger charge is -2.11. The predicted octanol–water partition coefficient (Wildman–Crippen LogP) is 2.49. The average molecular weight is 285 g/mol. The highest BCUT2D eigenvalue weighted by Gasteiger charge is 2.12. The van der Waals surface area contributed by atoms with Gasteiger partial charge in [-0.15, -0.1) is 0 Å². The van der Waals surface area contributed by atoms with E-state index in [-0.39, 0.29) is 29.0 Å². The molecule has 0 aliphatic rings. The molecule has 0 fully saturated rings. The normalized spacial score (nSPS) is 11.9. The second kappa shape index (κ2) is 7.11. The summed E-state index contributed by atoms with van der Waals surface area (Å²) >= 11 is 5.74. The minimum absolute atomic E-state index is 0.0441. The zero-order chi connectivity index (χ0) is 14.4. The van der Waals surface area contributed by atoms with Crippen molar-refractivity contribution in [2.24, 2.45) is 5.73 Å². The van der Waals surface area contributed by atoms with Crippen LogP contribution >= 0.6 is 11.6 Å². The molecule has 1 aromatic rings. The zero-order valence-corrected chi connectivity index (χ0v) is 11.4. The van der Waals surface area contributed by atoms with Gasteiger partial charge < -0.3 is 16.2 Å². The van der Waals surface area contributed by atoms with Crippen LogP contribution in [-0.2, 0) is 4.79 Å². The molecule has 4 N–H and O–H groups in total. The molecule has 0 saturated heterocycles. The Morgan fingerprint density at radius 3 is 2.74 bits per heavy atom. The van der Waals surface area contributed by atoms with Gasteiger partial charge in [0, 0.05) is 18.2 Å². The van der Waals surface area contributed by atoms with Gasteiger partial charge in [0.15, 0.2) is 0 Å². The van der Waals surface area contributed by atoms with Crippen LogP contribution < -0.4 is 11.1 Å². The summed E-state index contributed by atoms with van der Waals surface area (Å²) in [4.78, 5) is 22.6. The first-order chi connectivity index (χ1) is 8.93. The van der Waals surface area contributed by atoms with Crippen molar-refractivity contribution in [3.8, 4) is 0 Å². The molecule has 1 amide bonds. The second-order valence-corrected chi connectivity index (χ2v) is 4.71. The topological polar surface area (TPSA) is 92.4 Å². The number of hydrogen-bond donors (Lipinski definition) is 3. The summed E-state index contributed by atoms with van der Waals surface area (Å²) in [6, 6.07) is 4.13. The van der Waals surface area contributed by atoms with Crippen molar-refractivity contribution in [2.75, 3.05) is 5.32 Å². The van der Waals surface area contributed by atoms with Crippen molar-refractivity contribution in [1.29, 1.82) is 0 Å². The van der Waals surface area contributed by atoms with Crippen molar-refractivity contribution < 1.29 is 14.7 Å². The van der Waals surface area contributed by atoms with Crippen LogP contribution in [0, 0.1) is 0 Å². The van der Waals surface area contributed by atoms with Gasteiger partial charge in [0.25, 0.3) is 0 Å². The van der Waals surface area contributed by atoms with Gasteiger partial charge in [0.05, 0.1) is 10.6 Å². The first kappa shape index (κ1) is 15.5. The van der Waals surface area contributed by atoms with E-state index in [9.17, 15) is 9.59 Å². The number of carboxylic acid groups (broad SMARTS) is 1. The van der Waals surface area contributed by atoms with Gasteiger partial charge in [-0.1, -0.05) is 24.9 Å². The molecule has 0 saturated carbocycles. The first-order valence-electron chi connectivity index (χ1n) is 6.02. The Kier molecular flexibility index (Phi) is 5.79. The van der Waals surface area contributed by atoms with Gasteiger partial charge in [-0.25, -0.2) is 4.79 Å². The summed E-state index contributed by atoms with van der Waals surface area (Å²) in [5.41, 5.74) is 6.12. The number of anilines is 1. The van der Waals surface area contributed by atoms with E-state index in [0.717, 1.165) is 12.8 Å². The molecule has 0 bridgehead atoms. The molecule has 0 aliphatic heterocycles. The maximum Gasteiger partial charge on any atom is 0.337 e. The van der Waals surface area contributed by atoms with E-state index >= 15 is 0 Å². The average Bonchev–Trinajstić information content (AvgIpc) is 2.31. The summed E-state index contributed by atoms with van der Waals surface area (Å²) in [7, 11) is 0. The van der Waals surface area contributed by atoms with Crippen molar-refractivity contribution in [3.05, 3.63) is 28.8 Å². The molecule has 1 aromatic carbocycles. The smallest absolute Gasteiger partial charge is 0.337 e. The highest BCUT2D eigenvalue weighted by atomic mass is 35.5. The van der Waals surface area contributed by atoms with Crippen molar-refractivity contribution in [2.45, 2.75) is 32.2 Å². The summed E-state index contributed by atoms with van der Waals surface area (Å²) in [5.74, 6) is -1.37. The first-order valence-corrected chi connectivity index (χ1v) is 6.40. The number of rotatable bonds is 6. The molecular weight excluding hydrogens is 268 g/mol. The fourth-order valence-corrected chi connectivity index (χ4v) is 1.89. The maximum absolute atomic E-state index is 11.7. The van der Waals surface area contributed by atoms with E-state index in [0.29, 0.717) is 5.69 Å². The van der Waals surface area contributed by atoms with E-state index in [1.165, 1.54) is 12.1 Å². The van der Waals surface area contributed by atoms with Crippen LogP contribution in [0.15, 0.2) is 18.2 Å². The molecular formula is C13H17ClN2O3. The standard InChI is InChI=1S/C13H17ClN2O3/c1-2-3-8(15)6-12(17)16-9-4-5-11(14)10(7-9)13(18)19/h4-5,7-8H,2-3,6,15H2,1H3,(H,16,17)(H,18,19). The number of aromatic carboxylic acids is 1. The van der Waals surface area contributed by atoms with E-state index in [2.05, 4.69) is 5.32 Å². The molecule has 6 heteroatoms. The largest absolute Gasteiger partial charge is 0.478 e. The Bertz CT molecular complexity index is 477. The van der Waals surface area contributed by atoms with Crippen molar-refractivity contribution in [1.82, 2.24) is 0 Å². The molecule has 5 nitrogen and oxygen atoms in total. The lowest BCUT2D eigenvalue weighted by atomic mass is 10.1. The van der Waals surface area contributed by atoms with E-state index in [1.807, 2.05) is 6.92 Å². The van der Waals surface area contributed by atoms with Gasteiger partial charge in [-0.2, -0.15) is 0 Å². The number of carboxylic acids is 1. The van der Waals surface area contributed by atoms with Gasteiger partial charge >= 0.3 is 5.97 Å². The predicted molar refractivity (Wildman–Crippen MR) is 74.5 cm³/mol. The lowest BCUT2D eigenvalue weighted by molar-refractivity contribution is -0.116. The molecule has 0 radical (unpaired) electrons. The molecule has 0 aromatic heterocycles. The van der Waals surface area contributed by atoms with Gasteiger partial charge in [0.1, 0.15) is 0 Å². The third-order valence-corrected chi connectivity index (χ3v) is 2.92. The Balaban J connectivity index is 2.69. The number of amides is 1. The van der Waals surface area contributed by atoms with Crippen LogP contribution in [0.2, 0.25) is 5.02 Å². The number of halogens is 1. The number of benzene rings is 1. The lowest BCUT2D eigenvalue weighted by Crippen LogP contribution is -2.26. The third kappa shape index (κ3) is 4.89.